The maximum atomic E-state index is 12.9. The lowest BCUT2D eigenvalue weighted by Crippen LogP contribution is -2.39. The highest BCUT2D eigenvalue weighted by Crippen LogP contribution is 2.26. The Morgan fingerprint density at radius 1 is 1.23 bits per heavy atom. The van der Waals surface area contributed by atoms with Crippen LogP contribution >= 0.6 is 11.3 Å². The van der Waals surface area contributed by atoms with Crippen molar-refractivity contribution in [2.75, 3.05) is 18.4 Å². The van der Waals surface area contributed by atoms with Crippen LogP contribution in [-0.4, -0.2) is 41.7 Å². The second-order valence-corrected chi connectivity index (χ2v) is 10.2. The maximum absolute atomic E-state index is 12.9. The summed E-state index contributed by atoms with van der Waals surface area (Å²) < 4.78 is 27.2. The van der Waals surface area contributed by atoms with Crippen LogP contribution in [0.3, 0.4) is 0 Å². The highest BCUT2D eigenvalue weighted by molar-refractivity contribution is 7.89. The molecule has 2 aromatic heterocycles. The summed E-state index contributed by atoms with van der Waals surface area (Å²) in [6.45, 7) is 3.14. The SMILES string of the molecule is CC1CCCN(S(=O)(=O)c2ccc(C(=O)Nc3nc(-c4cccnc4)cs3)cc2)C1. The minimum Gasteiger partial charge on any atom is -0.298 e. The number of aromatic nitrogens is 2. The zero-order valence-electron chi connectivity index (χ0n) is 16.5. The molecule has 0 spiro atoms. The number of rotatable bonds is 5. The van der Waals surface area contributed by atoms with E-state index in [1.165, 1.54) is 39.9 Å². The van der Waals surface area contributed by atoms with Gasteiger partial charge in [0.2, 0.25) is 10.0 Å². The van der Waals surface area contributed by atoms with Crippen LogP contribution in [-0.2, 0) is 10.0 Å². The summed E-state index contributed by atoms with van der Waals surface area (Å²) in [5, 5.41) is 5.08. The summed E-state index contributed by atoms with van der Waals surface area (Å²) in [5.74, 6) is 0.0195. The maximum Gasteiger partial charge on any atom is 0.257 e. The van der Waals surface area contributed by atoms with Crippen LogP contribution in [0.5, 0.6) is 0 Å². The Bertz CT molecular complexity index is 1130. The number of pyridine rings is 1. The van der Waals surface area contributed by atoms with E-state index >= 15 is 0 Å². The van der Waals surface area contributed by atoms with Gasteiger partial charge in [-0.3, -0.25) is 15.1 Å². The van der Waals surface area contributed by atoms with Gasteiger partial charge in [-0.15, -0.1) is 11.3 Å². The number of hydrogen-bond donors (Lipinski definition) is 1. The molecule has 30 heavy (non-hydrogen) atoms. The van der Waals surface area contributed by atoms with Crippen LogP contribution in [0, 0.1) is 5.92 Å². The molecule has 0 bridgehead atoms. The Labute approximate surface area is 179 Å². The third kappa shape index (κ3) is 4.43. The summed E-state index contributed by atoms with van der Waals surface area (Å²) in [7, 11) is -3.54. The van der Waals surface area contributed by atoms with E-state index in [1.807, 2.05) is 17.5 Å². The number of nitrogens with zero attached hydrogens (tertiary/aromatic N) is 3. The number of carbonyl (C=O) groups is 1. The molecule has 1 fully saturated rings. The topological polar surface area (TPSA) is 92.3 Å². The number of hydrogen-bond acceptors (Lipinski definition) is 6. The van der Waals surface area contributed by atoms with Gasteiger partial charge in [-0.05, 0) is 55.2 Å². The van der Waals surface area contributed by atoms with Gasteiger partial charge in [0.15, 0.2) is 5.13 Å². The third-order valence-electron chi connectivity index (χ3n) is 5.06. The van der Waals surface area contributed by atoms with E-state index in [-0.39, 0.29) is 10.8 Å². The van der Waals surface area contributed by atoms with E-state index in [4.69, 9.17) is 0 Å². The quantitative estimate of drug-likeness (QED) is 0.647. The van der Waals surface area contributed by atoms with E-state index in [1.54, 1.807) is 12.4 Å². The molecule has 1 amide bonds. The molecular weight excluding hydrogens is 420 g/mol. The molecule has 156 valence electrons. The zero-order valence-corrected chi connectivity index (χ0v) is 18.1. The Morgan fingerprint density at radius 2 is 2.03 bits per heavy atom. The fourth-order valence-electron chi connectivity index (χ4n) is 3.44. The first-order chi connectivity index (χ1) is 14.4. The molecule has 7 nitrogen and oxygen atoms in total. The predicted octanol–water partition coefficient (Wildman–Crippen LogP) is 3.88. The molecule has 0 aliphatic carbocycles. The fourth-order valence-corrected chi connectivity index (χ4v) is 5.75. The molecule has 9 heteroatoms. The van der Waals surface area contributed by atoms with Crippen molar-refractivity contribution in [1.82, 2.24) is 14.3 Å². The van der Waals surface area contributed by atoms with Gasteiger partial charge in [0, 0.05) is 42.0 Å². The summed E-state index contributed by atoms with van der Waals surface area (Å²) in [5.41, 5.74) is 1.98. The van der Waals surface area contributed by atoms with Crippen molar-refractivity contribution in [3.05, 3.63) is 59.7 Å². The molecule has 3 aromatic rings. The molecule has 1 aromatic carbocycles. The third-order valence-corrected chi connectivity index (χ3v) is 7.69. The Hall–Kier alpha value is -2.62. The molecule has 1 N–H and O–H groups in total. The van der Waals surface area contributed by atoms with E-state index in [2.05, 4.69) is 22.2 Å². The van der Waals surface area contributed by atoms with Crippen molar-refractivity contribution in [3.63, 3.8) is 0 Å². The molecule has 4 rings (SSSR count). The molecular formula is C21H22N4O3S2. The Morgan fingerprint density at radius 3 is 2.73 bits per heavy atom. The van der Waals surface area contributed by atoms with Crippen LogP contribution < -0.4 is 5.32 Å². The molecule has 1 aliphatic rings. The number of nitrogens with one attached hydrogen (secondary N) is 1. The minimum atomic E-state index is -3.54. The highest BCUT2D eigenvalue weighted by atomic mass is 32.2. The van der Waals surface area contributed by atoms with Crippen molar-refractivity contribution >= 4 is 32.4 Å². The average molecular weight is 443 g/mol. The largest absolute Gasteiger partial charge is 0.298 e. The number of amides is 1. The van der Waals surface area contributed by atoms with Crippen molar-refractivity contribution < 1.29 is 13.2 Å². The monoisotopic (exact) mass is 442 g/mol. The second kappa shape index (κ2) is 8.63. The van der Waals surface area contributed by atoms with Crippen molar-refractivity contribution in [1.29, 1.82) is 0 Å². The molecule has 3 heterocycles. The van der Waals surface area contributed by atoms with E-state index in [0.717, 1.165) is 24.1 Å². The van der Waals surface area contributed by atoms with E-state index in [0.29, 0.717) is 29.7 Å². The zero-order chi connectivity index (χ0) is 21.1. The van der Waals surface area contributed by atoms with Crippen LogP contribution in [0.25, 0.3) is 11.3 Å². The smallest absolute Gasteiger partial charge is 0.257 e. The number of carbonyl (C=O) groups excluding carboxylic acids is 1. The van der Waals surface area contributed by atoms with Crippen LogP contribution in [0.15, 0.2) is 59.1 Å². The molecule has 1 saturated heterocycles. The minimum absolute atomic E-state index is 0.210. The van der Waals surface area contributed by atoms with Gasteiger partial charge in [-0.25, -0.2) is 13.4 Å². The van der Waals surface area contributed by atoms with Gasteiger partial charge >= 0.3 is 0 Å². The lowest BCUT2D eigenvalue weighted by molar-refractivity contribution is 0.102. The first kappa shape index (κ1) is 20.6. The molecule has 1 aliphatic heterocycles. The van der Waals surface area contributed by atoms with Crippen molar-refractivity contribution in [2.24, 2.45) is 5.92 Å². The summed E-state index contributed by atoms with van der Waals surface area (Å²) in [6, 6.07) is 9.78. The van der Waals surface area contributed by atoms with Gasteiger partial charge in [0.25, 0.3) is 5.91 Å². The fraction of sp³-hybridized carbons (Fsp3) is 0.286. The van der Waals surface area contributed by atoms with Gasteiger partial charge in [-0.2, -0.15) is 4.31 Å². The molecule has 0 saturated carbocycles. The number of sulfonamides is 1. The van der Waals surface area contributed by atoms with Crippen LogP contribution in [0.4, 0.5) is 5.13 Å². The van der Waals surface area contributed by atoms with Gasteiger partial charge < -0.3 is 0 Å². The summed E-state index contributed by atoms with van der Waals surface area (Å²) in [6.07, 6.45) is 5.32. The predicted molar refractivity (Wildman–Crippen MR) is 117 cm³/mol. The Kier molecular flexibility index (Phi) is 5.94. The number of benzene rings is 1. The summed E-state index contributed by atoms with van der Waals surface area (Å²) in [4.78, 5) is 21.2. The number of anilines is 1. The van der Waals surface area contributed by atoms with Crippen LogP contribution in [0.1, 0.15) is 30.1 Å². The van der Waals surface area contributed by atoms with E-state index in [9.17, 15) is 13.2 Å². The Balaban J connectivity index is 1.45. The van der Waals surface area contributed by atoms with Gasteiger partial charge in [0.1, 0.15) is 0 Å². The standard InChI is InChI=1S/C21H22N4O3S2/c1-15-4-3-11-25(13-15)30(27,28)18-8-6-16(7-9-18)20(26)24-21-23-19(14-29-21)17-5-2-10-22-12-17/h2,5-10,12,14-15H,3-4,11,13H2,1H3,(H,23,24,26). The lowest BCUT2D eigenvalue weighted by Gasteiger charge is -2.30. The van der Waals surface area contributed by atoms with Crippen molar-refractivity contribution in [2.45, 2.75) is 24.7 Å². The van der Waals surface area contributed by atoms with E-state index < -0.39 is 10.0 Å². The molecule has 1 atom stereocenters. The second-order valence-electron chi connectivity index (χ2n) is 7.37. The van der Waals surface area contributed by atoms with Crippen molar-refractivity contribution in [3.8, 4) is 11.3 Å². The normalized spacial score (nSPS) is 17.6. The average Bonchev–Trinajstić information content (AvgIpc) is 3.23. The lowest BCUT2D eigenvalue weighted by atomic mass is 10.0. The molecule has 1 unspecified atom stereocenters. The van der Waals surface area contributed by atoms with Gasteiger partial charge in [0.05, 0.1) is 10.6 Å². The first-order valence-electron chi connectivity index (χ1n) is 9.71. The number of thiazole rings is 1. The summed E-state index contributed by atoms with van der Waals surface area (Å²) >= 11 is 1.32. The van der Waals surface area contributed by atoms with Crippen LogP contribution in [0.2, 0.25) is 0 Å². The number of piperidine rings is 1. The first-order valence-corrected chi connectivity index (χ1v) is 12.0. The molecule has 0 radical (unpaired) electrons. The van der Waals surface area contributed by atoms with Gasteiger partial charge in [-0.1, -0.05) is 6.92 Å². The highest BCUT2D eigenvalue weighted by Gasteiger charge is 2.28.